The summed E-state index contributed by atoms with van der Waals surface area (Å²) in [5.41, 5.74) is 1.58. The quantitative estimate of drug-likeness (QED) is 0.277. The van der Waals surface area contributed by atoms with Gasteiger partial charge in [-0.15, -0.1) is 0 Å². The first-order valence-corrected chi connectivity index (χ1v) is 11.3. The van der Waals surface area contributed by atoms with E-state index in [2.05, 4.69) is 5.32 Å². The number of nitrogens with zero attached hydrogens (tertiary/aromatic N) is 1. The molecule has 6 nitrogen and oxygen atoms in total. The highest BCUT2D eigenvalue weighted by molar-refractivity contribution is 7.87. The predicted octanol–water partition coefficient (Wildman–Crippen LogP) is 5.62. The molecule has 0 spiro atoms. The van der Waals surface area contributed by atoms with Crippen LogP contribution in [-0.2, 0) is 14.9 Å². The number of anilines is 1. The van der Waals surface area contributed by atoms with Crippen LogP contribution in [-0.4, -0.2) is 14.3 Å². The van der Waals surface area contributed by atoms with E-state index in [0.29, 0.717) is 16.3 Å². The van der Waals surface area contributed by atoms with Crippen molar-refractivity contribution in [1.82, 2.24) is 0 Å². The Labute approximate surface area is 195 Å². The van der Waals surface area contributed by atoms with Crippen LogP contribution in [0.15, 0.2) is 77.2 Å². The van der Waals surface area contributed by atoms with Crippen molar-refractivity contribution in [3.8, 4) is 11.8 Å². The monoisotopic (exact) mass is 486 g/mol. The number of hydrogen-bond donors (Lipinski definition) is 1. The van der Waals surface area contributed by atoms with Crippen LogP contribution in [0, 0.1) is 18.3 Å². The van der Waals surface area contributed by atoms with Gasteiger partial charge >= 0.3 is 10.1 Å². The molecule has 0 saturated carbocycles. The van der Waals surface area contributed by atoms with Crippen molar-refractivity contribution in [2.45, 2.75) is 11.8 Å². The molecule has 3 rings (SSSR count). The molecule has 0 atom stereocenters. The number of carbonyl (C=O) groups excluding carboxylic acids is 1. The fourth-order valence-electron chi connectivity index (χ4n) is 2.63. The lowest BCUT2D eigenvalue weighted by molar-refractivity contribution is -0.112. The summed E-state index contributed by atoms with van der Waals surface area (Å²) >= 11 is 12.1. The zero-order chi connectivity index (χ0) is 23.3. The minimum absolute atomic E-state index is 0.00183. The third kappa shape index (κ3) is 5.89. The van der Waals surface area contributed by atoms with E-state index in [-0.39, 0.29) is 21.2 Å². The van der Waals surface area contributed by atoms with Gasteiger partial charge in [-0.2, -0.15) is 13.7 Å². The number of carbonyl (C=O) groups is 1. The van der Waals surface area contributed by atoms with E-state index in [1.807, 2.05) is 13.0 Å². The zero-order valence-corrected chi connectivity index (χ0v) is 19.0. The maximum Gasteiger partial charge on any atom is 0.339 e. The Balaban J connectivity index is 1.80. The molecule has 0 saturated heterocycles. The third-order valence-electron chi connectivity index (χ3n) is 4.22. The SMILES string of the molecule is Cc1ccc(S(=O)(=O)Oc2ccc(/C=C(\C#N)C(=O)Nc3cccc(Cl)c3)cc2Cl)cc1. The van der Waals surface area contributed by atoms with Crippen molar-refractivity contribution in [1.29, 1.82) is 5.26 Å². The molecule has 162 valence electrons. The van der Waals surface area contributed by atoms with Crippen LogP contribution in [0.2, 0.25) is 10.0 Å². The Morgan fingerprint density at radius 3 is 2.41 bits per heavy atom. The molecule has 32 heavy (non-hydrogen) atoms. The Hall–Kier alpha value is -3.31. The molecule has 0 aliphatic carbocycles. The largest absolute Gasteiger partial charge is 0.377 e. The molecule has 0 aromatic heterocycles. The lowest BCUT2D eigenvalue weighted by atomic mass is 10.1. The normalized spacial score (nSPS) is 11.5. The van der Waals surface area contributed by atoms with E-state index in [1.54, 1.807) is 36.4 Å². The van der Waals surface area contributed by atoms with Crippen LogP contribution in [0.4, 0.5) is 5.69 Å². The molecule has 0 radical (unpaired) electrons. The van der Waals surface area contributed by atoms with Gasteiger partial charge < -0.3 is 9.50 Å². The fourth-order valence-corrected chi connectivity index (χ4v) is 4.04. The van der Waals surface area contributed by atoms with Crippen LogP contribution < -0.4 is 9.50 Å². The van der Waals surface area contributed by atoms with Crippen molar-refractivity contribution < 1.29 is 17.4 Å². The van der Waals surface area contributed by atoms with E-state index < -0.39 is 16.0 Å². The van der Waals surface area contributed by atoms with Crippen LogP contribution in [0.25, 0.3) is 6.08 Å². The van der Waals surface area contributed by atoms with Crippen LogP contribution in [0.5, 0.6) is 5.75 Å². The lowest BCUT2D eigenvalue weighted by Gasteiger charge is -2.09. The summed E-state index contributed by atoms with van der Waals surface area (Å²) in [5.74, 6) is -0.709. The molecular formula is C23H16Cl2N2O4S. The standard InChI is InChI=1S/C23H16Cl2N2O4S/c1-15-5-8-20(9-6-15)32(29,30)31-22-10-7-16(12-21(22)25)11-17(14-26)23(28)27-19-4-2-3-18(24)13-19/h2-13H,1H3,(H,27,28)/b17-11+. The third-order valence-corrected chi connectivity index (χ3v) is 6.00. The first kappa shape index (κ1) is 23.4. The van der Waals surface area contributed by atoms with E-state index in [4.69, 9.17) is 27.4 Å². The number of hydrogen-bond acceptors (Lipinski definition) is 5. The first-order chi connectivity index (χ1) is 15.2. The van der Waals surface area contributed by atoms with Gasteiger partial charge in [-0.05, 0) is 61.0 Å². The summed E-state index contributed by atoms with van der Waals surface area (Å²) in [6, 6.07) is 18.7. The van der Waals surface area contributed by atoms with Crippen LogP contribution in [0.1, 0.15) is 11.1 Å². The molecule has 0 unspecified atom stereocenters. The molecule has 1 amide bonds. The highest BCUT2D eigenvalue weighted by Crippen LogP contribution is 2.29. The topological polar surface area (TPSA) is 96.3 Å². The maximum atomic E-state index is 12.5. The zero-order valence-electron chi connectivity index (χ0n) is 16.7. The molecule has 3 aromatic carbocycles. The van der Waals surface area contributed by atoms with Crippen molar-refractivity contribution in [3.63, 3.8) is 0 Å². The van der Waals surface area contributed by atoms with Gasteiger partial charge in [0.25, 0.3) is 5.91 Å². The summed E-state index contributed by atoms with van der Waals surface area (Å²) in [7, 11) is -4.07. The van der Waals surface area contributed by atoms with Gasteiger partial charge in [-0.3, -0.25) is 4.79 Å². The fraction of sp³-hybridized carbons (Fsp3) is 0.0435. The number of aryl methyl sites for hydroxylation is 1. The summed E-state index contributed by atoms with van der Waals surface area (Å²) in [6.07, 6.45) is 1.32. The van der Waals surface area contributed by atoms with Crippen molar-refractivity contribution in [2.24, 2.45) is 0 Å². The number of nitriles is 1. The van der Waals surface area contributed by atoms with Gasteiger partial charge in [0.2, 0.25) is 0 Å². The first-order valence-electron chi connectivity index (χ1n) is 9.17. The van der Waals surface area contributed by atoms with Crippen molar-refractivity contribution >= 4 is 51.0 Å². The Kier molecular flexibility index (Phi) is 7.21. The van der Waals surface area contributed by atoms with Gasteiger partial charge in [-0.25, -0.2) is 0 Å². The minimum atomic E-state index is -4.07. The summed E-state index contributed by atoms with van der Waals surface area (Å²) in [6.45, 7) is 1.84. The number of benzene rings is 3. The predicted molar refractivity (Wildman–Crippen MR) is 124 cm³/mol. The second-order valence-corrected chi connectivity index (χ2v) is 9.06. The number of nitrogens with one attached hydrogen (secondary N) is 1. The van der Waals surface area contributed by atoms with Crippen molar-refractivity contribution in [2.75, 3.05) is 5.32 Å². The molecule has 3 aromatic rings. The second-order valence-electron chi connectivity index (χ2n) is 6.67. The number of rotatable bonds is 6. The smallest absolute Gasteiger partial charge is 0.339 e. The molecule has 0 heterocycles. The molecule has 0 fully saturated rings. The molecule has 9 heteroatoms. The van der Waals surface area contributed by atoms with Gasteiger partial charge in [0, 0.05) is 10.7 Å². The van der Waals surface area contributed by atoms with E-state index in [9.17, 15) is 18.5 Å². The Bertz CT molecular complexity index is 1350. The average Bonchev–Trinajstić information content (AvgIpc) is 2.74. The molecule has 0 bridgehead atoms. The summed E-state index contributed by atoms with van der Waals surface area (Å²) in [5, 5.41) is 12.4. The van der Waals surface area contributed by atoms with Crippen LogP contribution >= 0.6 is 23.2 Å². The molecule has 0 aliphatic rings. The average molecular weight is 487 g/mol. The number of halogens is 2. The highest BCUT2D eigenvalue weighted by Gasteiger charge is 2.18. The lowest BCUT2D eigenvalue weighted by Crippen LogP contribution is -2.13. The molecular weight excluding hydrogens is 471 g/mol. The van der Waals surface area contributed by atoms with E-state index >= 15 is 0 Å². The molecule has 1 N–H and O–H groups in total. The van der Waals surface area contributed by atoms with Crippen LogP contribution in [0.3, 0.4) is 0 Å². The second kappa shape index (κ2) is 9.88. The summed E-state index contributed by atoms with van der Waals surface area (Å²) < 4.78 is 30.1. The van der Waals surface area contributed by atoms with Gasteiger partial charge in [0.1, 0.15) is 16.5 Å². The van der Waals surface area contributed by atoms with Gasteiger partial charge in [-0.1, -0.05) is 53.0 Å². The van der Waals surface area contributed by atoms with Gasteiger partial charge in [0.15, 0.2) is 5.75 Å². The minimum Gasteiger partial charge on any atom is -0.377 e. The van der Waals surface area contributed by atoms with E-state index in [0.717, 1.165) is 5.56 Å². The summed E-state index contributed by atoms with van der Waals surface area (Å²) in [4.78, 5) is 12.4. The Morgan fingerprint density at radius 2 is 1.78 bits per heavy atom. The maximum absolute atomic E-state index is 12.5. The van der Waals surface area contributed by atoms with Gasteiger partial charge in [0.05, 0.1) is 5.02 Å². The molecule has 0 aliphatic heterocycles. The Morgan fingerprint density at radius 1 is 1.06 bits per heavy atom. The van der Waals surface area contributed by atoms with Crippen molar-refractivity contribution in [3.05, 3.63) is 93.5 Å². The van der Waals surface area contributed by atoms with E-state index in [1.165, 1.54) is 36.4 Å². The number of amides is 1. The highest BCUT2D eigenvalue weighted by atomic mass is 35.5.